The summed E-state index contributed by atoms with van der Waals surface area (Å²) >= 11 is 1.68. The molecule has 0 aliphatic carbocycles. The van der Waals surface area contributed by atoms with E-state index in [1.807, 2.05) is 18.2 Å². The molecular formula is C24H26FNO3S. The Morgan fingerprint density at radius 2 is 2.03 bits per heavy atom. The molecule has 30 heavy (non-hydrogen) atoms. The van der Waals surface area contributed by atoms with E-state index < -0.39 is 6.10 Å². The van der Waals surface area contributed by atoms with Gasteiger partial charge in [-0.1, -0.05) is 19.9 Å². The number of benzene rings is 1. The predicted molar refractivity (Wildman–Crippen MR) is 117 cm³/mol. The quantitative estimate of drug-likeness (QED) is 0.521. The summed E-state index contributed by atoms with van der Waals surface area (Å²) in [6.07, 6.45) is 0.225. The number of thiophene rings is 1. The van der Waals surface area contributed by atoms with Gasteiger partial charge in [-0.3, -0.25) is 4.79 Å². The summed E-state index contributed by atoms with van der Waals surface area (Å²) in [4.78, 5) is 12.9. The zero-order valence-electron chi connectivity index (χ0n) is 17.2. The van der Waals surface area contributed by atoms with Gasteiger partial charge in [-0.25, -0.2) is 4.39 Å². The molecule has 2 aromatic heterocycles. The number of rotatable bonds is 6. The van der Waals surface area contributed by atoms with Crippen LogP contribution in [0.3, 0.4) is 0 Å². The molecule has 1 N–H and O–H groups in total. The van der Waals surface area contributed by atoms with Crippen molar-refractivity contribution in [2.24, 2.45) is 0 Å². The van der Waals surface area contributed by atoms with E-state index in [-0.39, 0.29) is 30.2 Å². The highest BCUT2D eigenvalue weighted by molar-refractivity contribution is 7.13. The first-order valence-electron chi connectivity index (χ1n) is 10.3. The first-order valence-corrected chi connectivity index (χ1v) is 11.2. The van der Waals surface area contributed by atoms with Gasteiger partial charge in [0.05, 0.1) is 18.2 Å². The Morgan fingerprint density at radius 3 is 2.67 bits per heavy atom. The number of halogens is 1. The standard InChI is InChI=1S/C24H26FNO3S/c1-15(2)21-14-20(22-4-3-11-30-22)24(16-5-7-17(25)8-6-16)26(21)10-9-19-12-18(27)13-23(28)29-19/h3-8,11,14-15,18-19,27H,9-10,12-13H2,1-2H3/t18-,19-/m1/s1. The van der Waals surface area contributed by atoms with Gasteiger partial charge in [0.2, 0.25) is 0 Å². The van der Waals surface area contributed by atoms with Gasteiger partial charge in [-0.05, 0) is 53.3 Å². The van der Waals surface area contributed by atoms with Crippen molar-refractivity contribution in [2.75, 3.05) is 0 Å². The Bertz CT molecular complexity index is 1010. The van der Waals surface area contributed by atoms with Crippen molar-refractivity contribution in [1.29, 1.82) is 0 Å². The van der Waals surface area contributed by atoms with Gasteiger partial charge < -0.3 is 14.4 Å². The summed E-state index contributed by atoms with van der Waals surface area (Å²) in [5.41, 5.74) is 4.30. The molecule has 2 atom stereocenters. The number of cyclic esters (lactones) is 1. The molecule has 158 valence electrons. The van der Waals surface area contributed by atoms with Crippen LogP contribution in [0.4, 0.5) is 4.39 Å². The first-order chi connectivity index (χ1) is 14.4. The second kappa shape index (κ2) is 8.74. The van der Waals surface area contributed by atoms with Crippen molar-refractivity contribution in [1.82, 2.24) is 4.57 Å². The molecule has 1 aliphatic rings. The topological polar surface area (TPSA) is 51.5 Å². The average Bonchev–Trinajstić information content (AvgIpc) is 3.34. The third-order valence-corrected chi connectivity index (χ3v) is 6.44. The number of aromatic nitrogens is 1. The molecule has 3 aromatic rings. The molecule has 1 aliphatic heterocycles. The lowest BCUT2D eigenvalue weighted by atomic mass is 10.0. The number of hydrogen-bond donors (Lipinski definition) is 1. The maximum atomic E-state index is 13.6. The lowest BCUT2D eigenvalue weighted by Gasteiger charge is -2.27. The lowest BCUT2D eigenvalue weighted by molar-refractivity contribution is -0.160. The van der Waals surface area contributed by atoms with Crippen molar-refractivity contribution >= 4 is 17.3 Å². The Balaban J connectivity index is 1.75. The van der Waals surface area contributed by atoms with E-state index >= 15 is 0 Å². The number of hydrogen-bond acceptors (Lipinski definition) is 4. The minimum Gasteiger partial charge on any atom is -0.462 e. The minimum atomic E-state index is -0.635. The van der Waals surface area contributed by atoms with Crippen molar-refractivity contribution in [3.05, 3.63) is 59.4 Å². The van der Waals surface area contributed by atoms with Crippen LogP contribution in [-0.4, -0.2) is 27.9 Å². The number of aliphatic hydroxyl groups excluding tert-OH is 1. The van der Waals surface area contributed by atoms with Gasteiger partial charge in [-0.2, -0.15) is 0 Å². The van der Waals surface area contributed by atoms with Crippen LogP contribution in [0.2, 0.25) is 0 Å². The van der Waals surface area contributed by atoms with Gasteiger partial charge in [-0.15, -0.1) is 11.3 Å². The maximum absolute atomic E-state index is 13.6. The summed E-state index contributed by atoms with van der Waals surface area (Å²) in [6.45, 7) is 4.96. The van der Waals surface area contributed by atoms with E-state index in [1.165, 1.54) is 17.8 Å². The monoisotopic (exact) mass is 427 g/mol. The van der Waals surface area contributed by atoms with Crippen LogP contribution in [0.5, 0.6) is 0 Å². The Hall–Kier alpha value is -2.44. The van der Waals surface area contributed by atoms with Gasteiger partial charge in [0.1, 0.15) is 11.9 Å². The maximum Gasteiger partial charge on any atom is 0.308 e. The van der Waals surface area contributed by atoms with Crippen molar-refractivity contribution in [2.45, 2.75) is 57.8 Å². The molecular weight excluding hydrogens is 401 g/mol. The molecule has 4 rings (SSSR count). The summed E-state index contributed by atoms with van der Waals surface area (Å²) in [5.74, 6) is -0.313. The molecule has 4 nitrogen and oxygen atoms in total. The number of carbonyl (C=O) groups is 1. The van der Waals surface area contributed by atoms with Crippen molar-refractivity contribution in [3.63, 3.8) is 0 Å². The summed E-state index contributed by atoms with van der Waals surface area (Å²) in [6, 6.07) is 12.9. The molecule has 0 bridgehead atoms. The molecule has 0 unspecified atom stereocenters. The number of carbonyl (C=O) groups excluding carboxylic acids is 1. The van der Waals surface area contributed by atoms with Crippen LogP contribution in [0.25, 0.3) is 21.7 Å². The second-order valence-electron chi connectivity index (χ2n) is 8.12. The van der Waals surface area contributed by atoms with E-state index in [2.05, 4.69) is 35.9 Å². The zero-order chi connectivity index (χ0) is 21.3. The summed E-state index contributed by atoms with van der Waals surface area (Å²) < 4.78 is 21.3. The molecule has 0 amide bonds. The van der Waals surface area contributed by atoms with Crippen molar-refractivity contribution in [3.8, 4) is 21.7 Å². The Morgan fingerprint density at radius 1 is 1.27 bits per heavy atom. The van der Waals surface area contributed by atoms with Crippen LogP contribution in [-0.2, 0) is 16.1 Å². The number of nitrogens with zero attached hydrogens (tertiary/aromatic N) is 1. The van der Waals surface area contributed by atoms with E-state index in [9.17, 15) is 14.3 Å². The fourth-order valence-electron chi connectivity index (χ4n) is 4.14. The van der Waals surface area contributed by atoms with Gasteiger partial charge in [0.25, 0.3) is 0 Å². The number of esters is 1. The zero-order valence-corrected chi connectivity index (χ0v) is 18.0. The average molecular weight is 428 g/mol. The fourth-order valence-corrected chi connectivity index (χ4v) is 4.88. The highest BCUT2D eigenvalue weighted by atomic mass is 32.1. The molecule has 0 saturated carbocycles. The van der Waals surface area contributed by atoms with Crippen LogP contribution in [0.1, 0.15) is 44.7 Å². The van der Waals surface area contributed by atoms with Gasteiger partial charge >= 0.3 is 5.97 Å². The van der Waals surface area contributed by atoms with Crippen LogP contribution in [0, 0.1) is 5.82 Å². The number of ether oxygens (including phenoxy) is 1. The highest BCUT2D eigenvalue weighted by Crippen LogP contribution is 2.40. The third kappa shape index (κ3) is 4.35. The van der Waals surface area contributed by atoms with Crippen LogP contribution in [0.15, 0.2) is 47.8 Å². The van der Waals surface area contributed by atoms with Gasteiger partial charge in [0.15, 0.2) is 0 Å². The SMILES string of the molecule is CC(C)c1cc(-c2cccs2)c(-c2ccc(F)cc2)n1CC[C@@H]1C[C@@H](O)CC(=O)O1. The lowest BCUT2D eigenvalue weighted by Crippen LogP contribution is -2.33. The molecule has 1 saturated heterocycles. The molecule has 6 heteroatoms. The van der Waals surface area contributed by atoms with Crippen LogP contribution < -0.4 is 0 Å². The van der Waals surface area contributed by atoms with E-state index in [0.717, 1.165) is 21.7 Å². The molecule has 0 spiro atoms. The molecule has 3 heterocycles. The Kier molecular flexibility index (Phi) is 6.06. The van der Waals surface area contributed by atoms with Crippen molar-refractivity contribution < 1.29 is 19.0 Å². The van der Waals surface area contributed by atoms with Gasteiger partial charge in [0, 0.05) is 35.5 Å². The third-order valence-electron chi connectivity index (χ3n) is 5.53. The Labute approximate surface area is 179 Å². The van der Waals surface area contributed by atoms with E-state index in [1.54, 1.807) is 11.3 Å². The van der Waals surface area contributed by atoms with Crippen LogP contribution >= 0.6 is 11.3 Å². The molecule has 1 aromatic carbocycles. The summed E-state index contributed by atoms with van der Waals surface area (Å²) in [7, 11) is 0. The normalized spacial score (nSPS) is 19.3. The second-order valence-corrected chi connectivity index (χ2v) is 9.06. The number of aliphatic hydroxyl groups is 1. The fraction of sp³-hybridized carbons (Fsp3) is 0.375. The smallest absolute Gasteiger partial charge is 0.308 e. The minimum absolute atomic E-state index is 0.0701. The van der Waals surface area contributed by atoms with E-state index in [4.69, 9.17) is 4.74 Å². The van der Waals surface area contributed by atoms with E-state index in [0.29, 0.717) is 19.4 Å². The largest absolute Gasteiger partial charge is 0.462 e. The predicted octanol–water partition coefficient (Wildman–Crippen LogP) is 5.60. The molecule has 1 fully saturated rings. The molecule has 0 radical (unpaired) electrons. The first kappa shape index (κ1) is 20.8. The summed E-state index contributed by atoms with van der Waals surface area (Å²) in [5, 5.41) is 12.0. The highest BCUT2D eigenvalue weighted by Gasteiger charge is 2.28.